The second-order valence-electron chi connectivity index (χ2n) is 24.7. The number of amides is 4. The van der Waals surface area contributed by atoms with Crippen molar-refractivity contribution in [2.24, 2.45) is 10.8 Å². The predicted octanol–water partition coefficient (Wildman–Crippen LogP) is 9.14. The van der Waals surface area contributed by atoms with Gasteiger partial charge in [0.25, 0.3) is 5.91 Å². The van der Waals surface area contributed by atoms with Gasteiger partial charge in [0.05, 0.1) is 65.7 Å². The van der Waals surface area contributed by atoms with E-state index >= 15 is 9.18 Å². The number of fused-ring (bicyclic) bond motifs is 1. The monoisotopic (exact) mass is 1240 g/mol. The van der Waals surface area contributed by atoms with Crippen molar-refractivity contribution in [3.63, 3.8) is 0 Å². The molecule has 20 nitrogen and oxygen atoms in total. The molecule has 10 rings (SSSR count). The number of nitrogens with one attached hydrogen (secondary N) is 3. The maximum atomic E-state index is 15.7. The van der Waals surface area contributed by atoms with Crippen LogP contribution in [0.25, 0.3) is 16.9 Å². The number of carboxylic acid groups (broad SMARTS) is 1. The van der Waals surface area contributed by atoms with Crippen molar-refractivity contribution >= 4 is 80.0 Å². The van der Waals surface area contributed by atoms with Gasteiger partial charge in [-0.1, -0.05) is 88.0 Å². The van der Waals surface area contributed by atoms with Crippen LogP contribution in [-0.4, -0.2) is 169 Å². The van der Waals surface area contributed by atoms with Gasteiger partial charge in [0, 0.05) is 111 Å². The maximum absolute atomic E-state index is 15.7. The third kappa shape index (κ3) is 14.4. The minimum absolute atomic E-state index is 0.0572. The predicted molar refractivity (Wildman–Crippen MR) is 326 cm³/mol. The molecule has 0 radical (unpaired) electrons. The summed E-state index contributed by atoms with van der Waals surface area (Å²) in [5, 5.41) is 24.1. The molecule has 0 unspecified atom stereocenters. The number of benzene rings is 3. The highest BCUT2D eigenvalue weighted by Gasteiger charge is 2.55. The fourth-order valence-corrected chi connectivity index (χ4v) is 14.6. The Kier molecular flexibility index (Phi) is 18.9. The topological polar surface area (TPSA) is 239 Å². The van der Waals surface area contributed by atoms with Crippen molar-refractivity contribution in [2.75, 3.05) is 76.5 Å². The summed E-state index contributed by atoms with van der Waals surface area (Å²) in [5.74, 6) is -2.78. The number of hydrogen-bond donors (Lipinski definition) is 4. The molecule has 458 valence electrons. The zero-order valence-corrected chi connectivity index (χ0v) is 51.3. The Bertz CT molecular complexity index is 3560. The third-order valence-corrected chi connectivity index (χ3v) is 19.6. The van der Waals surface area contributed by atoms with Crippen LogP contribution in [0.4, 0.5) is 15.9 Å². The first-order valence-corrected chi connectivity index (χ1v) is 31.9. The number of hydrogen-bond acceptors (Lipinski definition) is 12. The molecule has 86 heavy (non-hydrogen) atoms. The standard InChI is InChI=1S/C62H75Cl2FN12O8S/c1-61(2,3)52(77-56(41-15-18-45(63)19-16-41)47(42-10-9-11-46(64)30-42)32-62(4,60(77)83)33-55(80)81)39-86(84,85)75-28-26-73(27-29-75)54(79)12-7-5-6-8-21-66-53(78)38-72-22-24-74(25-23-72)59(82)43-17-20-49(48(65)31-43)70-57-58-67-36-51(44-34-68-69-35-44)76(58)37-50(71-57)40-13-14-40/h9-11,15-20,30-31,34-37,40,47,52,56H,5-8,12-14,21-29,32-33,38-39H2,1-4H3,(H,66,78)(H,68,69)(H,70,71)(H,80,81)/t47-,52-,56-,62-/m1/s1. The Morgan fingerprint density at radius 2 is 1.59 bits per heavy atom. The van der Waals surface area contributed by atoms with E-state index in [0.29, 0.717) is 73.0 Å². The smallest absolute Gasteiger partial charge is 0.304 e. The van der Waals surface area contributed by atoms with Gasteiger partial charge < -0.3 is 30.4 Å². The van der Waals surface area contributed by atoms with E-state index in [4.69, 9.17) is 28.2 Å². The molecule has 4 amide bonds. The quantitative estimate of drug-likeness (QED) is 0.0465. The number of aromatic amines is 1. The number of rotatable bonds is 22. The molecule has 3 saturated heterocycles. The van der Waals surface area contributed by atoms with Crippen molar-refractivity contribution in [1.82, 2.24) is 53.8 Å². The Morgan fingerprint density at radius 1 is 0.872 bits per heavy atom. The summed E-state index contributed by atoms with van der Waals surface area (Å²) in [7, 11) is -4.05. The van der Waals surface area contributed by atoms with Gasteiger partial charge in [-0.25, -0.2) is 22.8 Å². The lowest BCUT2D eigenvalue weighted by Gasteiger charge is -2.54. The van der Waals surface area contributed by atoms with Gasteiger partial charge >= 0.3 is 5.97 Å². The van der Waals surface area contributed by atoms with E-state index in [9.17, 15) is 32.7 Å². The van der Waals surface area contributed by atoms with Crippen molar-refractivity contribution in [2.45, 2.75) is 109 Å². The second kappa shape index (κ2) is 26.2. The van der Waals surface area contributed by atoms with Crippen LogP contribution >= 0.6 is 23.2 Å². The first kappa shape index (κ1) is 62.1. The molecule has 0 bridgehead atoms. The van der Waals surface area contributed by atoms with E-state index in [1.165, 1.54) is 10.4 Å². The SMILES string of the molecule is CC(C)(C)[C@@H](CS(=O)(=O)N1CCN(C(=O)CCCCCCNC(=O)CN2CCN(C(=O)c3ccc(Nc4nc(C5CC5)cn5c(-c6cn[nH]c6)cnc45)c(F)c3)CC2)CC1)N1C(=O)[C@@](C)(CC(=O)O)C[C@H](c2cccc(Cl)c2)[C@H]1c1ccc(Cl)cc1. The van der Waals surface area contributed by atoms with Crippen LogP contribution < -0.4 is 10.6 Å². The minimum atomic E-state index is -4.05. The van der Waals surface area contributed by atoms with Crippen LogP contribution in [0.2, 0.25) is 10.0 Å². The van der Waals surface area contributed by atoms with Gasteiger partial charge in [-0.05, 0) is 91.1 Å². The number of likely N-dealkylation sites (tertiary alicyclic amines) is 1. The average Bonchev–Trinajstić information content (AvgIpc) is 0.881. The molecule has 0 spiro atoms. The average molecular weight is 1240 g/mol. The summed E-state index contributed by atoms with van der Waals surface area (Å²) in [6, 6.07) is 17.2. The fraction of sp³-hybridized carbons (Fsp3) is 0.484. The van der Waals surface area contributed by atoms with Gasteiger partial charge in [-0.15, -0.1) is 0 Å². The first-order chi connectivity index (χ1) is 41.0. The summed E-state index contributed by atoms with van der Waals surface area (Å²) in [6.07, 6.45) is 12.2. The lowest BCUT2D eigenvalue weighted by Crippen LogP contribution is -2.61. The number of carbonyl (C=O) groups excluding carboxylic acids is 4. The number of aromatic nitrogens is 5. The number of sulfonamides is 1. The van der Waals surface area contributed by atoms with Crippen molar-refractivity contribution in [1.29, 1.82) is 0 Å². The lowest BCUT2D eigenvalue weighted by molar-refractivity contribution is -0.162. The molecule has 3 aromatic heterocycles. The van der Waals surface area contributed by atoms with Gasteiger partial charge in [0.2, 0.25) is 27.7 Å². The van der Waals surface area contributed by atoms with Crippen molar-refractivity contribution < 1.29 is 41.9 Å². The molecule has 4 atom stereocenters. The summed E-state index contributed by atoms with van der Waals surface area (Å²) in [5.41, 5.74) is 2.84. The number of piperidine rings is 1. The van der Waals surface area contributed by atoms with E-state index in [1.807, 2.05) is 66.6 Å². The largest absolute Gasteiger partial charge is 0.481 e. The number of nitrogens with zero attached hydrogens (tertiary/aromatic N) is 9. The molecule has 6 aromatic rings. The second-order valence-corrected chi connectivity index (χ2v) is 27.5. The van der Waals surface area contributed by atoms with Gasteiger partial charge in [0.15, 0.2) is 11.5 Å². The zero-order valence-electron chi connectivity index (χ0n) is 49.0. The third-order valence-electron chi connectivity index (χ3n) is 17.3. The maximum Gasteiger partial charge on any atom is 0.304 e. The van der Waals surface area contributed by atoms with Crippen LogP contribution in [-0.2, 0) is 29.2 Å². The molecule has 6 heterocycles. The summed E-state index contributed by atoms with van der Waals surface area (Å²) in [4.78, 5) is 83.8. The molecular weight excluding hydrogens is 1160 g/mol. The number of piperazine rings is 2. The number of H-pyrrole nitrogens is 1. The first-order valence-electron chi connectivity index (χ1n) is 29.6. The number of aliphatic carboxylic acids is 1. The van der Waals surface area contributed by atoms with Crippen LogP contribution in [0, 0.1) is 16.6 Å². The molecule has 4 aliphatic rings. The van der Waals surface area contributed by atoms with Crippen molar-refractivity contribution in [3.05, 3.63) is 130 Å². The number of unbranched alkanes of at least 4 members (excludes halogenated alkanes) is 3. The van der Waals surface area contributed by atoms with Gasteiger partial charge in [-0.3, -0.25) is 38.4 Å². The number of halogens is 3. The van der Waals surface area contributed by atoms with E-state index in [-0.39, 0.29) is 68.1 Å². The summed E-state index contributed by atoms with van der Waals surface area (Å²) in [6.45, 7) is 10.3. The molecule has 3 aliphatic heterocycles. The van der Waals surface area contributed by atoms with E-state index < -0.39 is 68.7 Å². The molecule has 4 fully saturated rings. The Morgan fingerprint density at radius 3 is 2.26 bits per heavy atom. The van der Waals surface area contributed by atoms with Crippen LogP contribution in [0.1, 0.15) is 131 Å². The summed E-state index contributed by atoms with van der Waals surface area (Å²) < 4.78 is 48.3. The lowest BCUT2D eigenvalue weighted by atomic mass is 9.66. The number of carboxylic acids is 1. The minimum Gasteiger partial charge on any atom is -0.481 e. The Hall–Kier alpha value is -6.98. The van der Waals surface area contributed by atoms with Gasteiger partial charge in [0.1, 0.15) is 5.82 Å². The summed E-state index contributed by atoms with van der Waals surface area (Å²) >= 11 is 12.9. The molecule has 24 heteroatoms. The normalized spacial score (nSPS) is 20.3. The van der Waals surface area contributed by atoms with E-state index in [1.54, 1.807) is 70.5 Å². The van der Waals surface area contributed by atoms with Crippen molar-refractivity contribution in [3.8, 4) is 11.3 Å². The fourth-order valence-electron chi connectivity index (χ4n) is 12.3. The number of anilines is 2. The van der Waals surface area contributed by atoms with Gasteiger partial charge in [-0.2, -0.15) is 9.40 Å². The highest BCUT2D eigenvalue weighted by Crippen LogP contribution is 2.54. The molecule has 1 saturated carbocycles. The molecular formula is C62H75Cl2FN12O8S. The zero-order chi connectivity index (χ0) is 61.1. The highest BCUT2D eigenvalue weighted by molar-refractivity contribution is 7.89. The number of imidazole rings is 1. The Labute approximate surface area is 510 Å². The van der Waals surface area contributed by atoms with E-state index in [0.717, 1.165) is 60.2 Å². The Balaban J connectivity index is 0.649. The van der Waals surface area contributed by atoms with Crippen LogP contribution in [0.5, 0.6) is 0 Å². The molecule has 1 aliphatic carbocycles. The van der Waals surface area contributed by atoms with Crippen LogP contribution in [0.3, 0.4) is 0 Å². The molecule has 3 aromatic carbocycles. The highest BCUT2D eigenvalue weighted by atomic mass is 35.5. The number of carbonyl (C=O) groups is 5. The molecule has 4 N–H and O–H groups in total. The van der Waals surface area contributed by atoms with Crippen LogP contribution in [0.15, 0.2) is 91.5 Å². The van der Waals surface area contributed by atoms with E-state index in [2.05, 4.69) is 25.8 Å².